The van der Waals surface area contributed by atoms with E-state index in [9.17, 15) is 19.2 Å². The second-order valence-corrected chi connectivity index (χ2v) is 7.93. The van der Waals surface area contributed by atoms with Gasteiger partial charge in [-0.3, -0.25) is 14.4 Å². The Kier molecular flexibility index (Phi) is 8.89. The third-order valence-corrected chi connectivity index (χ3v) is 5.22. The molecule has 5 heteroatoms. The summed E-state index contributed by atoms with van der Waals surface area (Å²) < 4.78 is 4.74. The van der Waals surface area contributed by atoms with Crippen molar-refractivity contribution in [1.82, 2.24) is 0 Å². The molecule has 0 saturated heterocycles. The molecule has 0 amide bonds. The number of ether oxygens (including phenoxy) is 1. The first-order valence-electron chi connectivity index (χ1n) is 9.52. The summed E-state index contributed by atoms with van der Waals surface area (Å²) in [6.07, 6.45) is 4.11. The second-order valence-electron chi connectivity index (χ2n) is 7.93. The SMILES string of the molecule is COC(=O)/C1=C/C(=O)C[C@@H](C)CCC[C@@H](C)C(=O)C[C@@H](C(C)C)C(=O)C1. The predicted molar refractivity (Wildman–Crippen MR) is 99.5 cm³/mol. The van der Waals surface area contributed by atoms with Gasteiger partial charge in [0.25, 0.3) is 0 Å². The van der Waals surface area contributed by atoms with E-state index >= 15 is 0 Å². The summed E-state index contributed by atoms with van der Waals surface area (Å²) in [6, 6.07) is 0. The number of hydrogen-bond acceptors (Lipinski definition) is 5. The molecule has 0 unspecified atom stereocenters. The monoisotopic (exact) mass is 364 g/mol. The lowest BCUT2D eigenvalue weighted by Gasteiger charge is -2.22. The molecule has 146 valence electrons. The van der Waals surface area contributed by atoms with Gasteiger partial charge in [0.2, 0.25) is 0 Å². The molecule has 0 aliphatic heterocycles. The van der Waals surface area contributed by atoms with E-state index in [-0.39, 0.29) is 53.5 Å². The van der Waals surface area contributed by atoms with Gasteiger partial charge >= 0.3 is 5.97 Å². The predicted octanol–water partition coefficient (Wildman–Crippen LogP) is 3.69. The zero-order valence-corrected chi connectivity index (χ0v) is 16.7. The lowest BCUT2D eigenvalue weighted by Crippen LogP contribution is -2.27. The number of Topliss-reactive ketones (excluding diaryl/α,β-unsaturated/α-hetero) is 2. The van der Waals surface area contributed by atoms with E-state index in [4.69, 9.17) is 4.74 Å². The van der Waals surface area contributed by atoms with Crippen LogP contribution in [0.15, 0.2) is 11.6 Å². The van der Waals surface area contributed by atoms with E-state index < -0.39 is 11.9 Å². The quantitative estimate of drug-likeness (QED) is 0.698. The Balaban J connectivity index is 3.17. The van der Waals surface area contributed by atoms with Crippen LogP contribution < -0.4 is 0 Å². The van der Waals surface area contributed by atoms with Crippen molar-refractivity contribution in [1.29, 1.82) is 0 Å². The highest BCUT2D eigenvalue weighted by Crippen LogP contribution is 2.25. The average molecular weight is 364 g/mol. The van der Waals surface area contributed by atoms with Crippen LogP contribution in [0.3, 0.4) is 0 Å². The van der Waals surface area contributed by atoms with Crippen LogP contribution in [0, 0.1) is 23.7 Å². The van der Waals surface area contributed by atoms with Crippen molar-refractivity contribution in [2.75, 3.05) is 7.11 Å². The van der Waals surface area contributed by atoms with Gasteiger partial charge in [-0.25, -0.2) is 4.79 Å². The number of ketones is 3. The molecule has 0 heterocycles. The number of hydrogen-bond donors (Lipinski definition) is 0. The first kappa shape index (κ1) is 22.3. The Morgan fingerprint density at radius 2 is 1.73 bits per heavy atom. The molecular formula is C21H32O5. The molecule has 0 saturated carbocycles. The topological polar surface area (TPSA) is 77.5 Å². The van der Waals surface area contributed by atoms with E-state index in [1.165, 1.54) is 13.2 Å². The van der Waals surface area contributed by atoms with Crippen molar-refractivity contribution in [3.05, 3.63) is 11.6 Å². The number of carbonyl (C=O) groups is 4. The number of methoxy groups -OCH3 is 1. The maximum atomic E-state index is 12.8. The standard InChI is InChI=1S/C21H32O5/c1-13(2)18-12-19(23)15(4)8-6-7-14(3)9-17(22)10-16(11-20(18)24)21(25)26-5/h10,13-15,18H,6-9,11-12H2,1-5H3/b16-10+/t14-,15+,18-/m0/s1. The van der Waals surface area contributed by atoms with Crippen LogP contribution in [0.4, 0.5) is 0 Å². The molecular weight excluding hydrogens is 332 g/mol. The third-order valence-electron chi connectivity index (χ3n) is 5.22. The van der Waals surface area contributed by atoms with Crippen LogP contribution in [-0.2, 0) is 23.9 Å². The smallest absolute Gasteiger partial charge is 0.334 e. The van der Waals surface area contributed by atoms with Gasteiger partial charge in [0.1, 0.15) is 11.6 Å². The van der Waals surface area contributed by atoms with Gasteiger partial charge in [-0.2, -0.15) is 0 Å². The summed E-state index contributed by atoms with van der Waals surface area (Å²) in [4.78, 5) is 49.6. The van der Waals surface area contributed by atoms with Gasteiger partial charge in [-0.15, -0.1) is 0 Å². The normalized spacial score (nSPS) is 29.1. The molecule has 0 radical (unpaired) electrons. The van der Waals surface area contributed by atoms with Crippen molar-refractivity contribution in [2.45, 2.75) is 66.2 Å². The second kappa shape index (κ2) is 10.4. The van der Waals surface area contributed by atoms with Crippen molar-refractivity contribution >= 4 is 23.3 Å². The fourth-order valence-corrected chi connectivity index (χ4v) is 3.40. The molecule has 26 heavy (non-hydrogen) atoms. The van der Waals surface area contributed by atoms with Gasteiger partial charge < -0.3 is 4.74 Å². The maximum absolute atomic E-state index is 12.8. The van der Waals surface area contributed by atoms with Crippen molar-refractivity contribution in [3.63, 3.8) is 0 Å². The van der Waals surface area contributed by atoms with Crippen molar-refractivity contribution in [2.24, 2.45) is 23.7 Å². The Morgan fingerprint density at radius 1 is 1.08 bits per heavy atom. The molecule has 0 fully saturated rings. The molecule has 0 aromatic heterocycles. The lowest BCUT2D eigenvalue weighted by atomic mass is 9.81. The highest BCUT2D eigenvalue weighted by atomic mass is 16.5. The van der Waals surface area contributed by atoms with Crippen molar-refractivity contribution < 1.29 is 23.9 Å². The first-order chi connectivity index (χ1) is 12.1. The van der Waals surface area contributed by atoms with Crippen molar-refractivity contribution in [3.8, 4) is 0 Å². The Morgan fingerprint density at radius 3 is 2.31 bits per heavy atom. The minimum Gasteiger partial charge on any atom is -0.466 e. The zero-order valence-electron chi connectivity index (χ0n) is 16.7. The van der Waals surface area contributed by atoms with E-state index in [2.05, 4.69) is 0 Å². The number of carbonyl (C=O) groups excluding carboxylic acids is 4. The highest BCUT2D eigenvalue weighted by molar-refractivity contribution is 6.03. The molecule has 1 aliphatic rings. The maximum Gasteiger partial charge on any atom is 0.334 e. The molecule has 0 spiro atoms. The van der Waals surface area contributed by atoms with Gasteiger partial charge in [0.15, 0.2) is 5.78 Å². The molecule has 1 rings (SSSR count). The largest absolute Gasteiger partial charge is 0.466 e. The Bertz CT molecular complexity index is 573. The summed E-state index contributed by atoms with van der Waals surface area (Å²) in [5.74, 6) is -1.29. The Hall–Kier alpha value is -1.78. The lowest BCUT2D eigenvalue weighted by molar-refractivity contribution is -0.138. The molecule has 3 atom stereocenters. The van der Waals surface area contributed by atoms with Crippen LogP contribution in [0.5, 0.6) is 0 Å². The van der Waals surface area contributed by atoms with E-state index in [0.717, 1.165) is 19.3 Å². The Labute approximate surface area is 156 Å². The fourth-order valence-electron chi connectivity index (χ4n) is 3.40. The molecule has 1 aliphatic carbocycles. The minimum atomic E-state index is -0.659. The average Bonchev–Trinajstić information content (AvgIpc) is 2.56. The van der Waals surface area contributed by atoms with Gasteiger partial charge in [0.05, 0.1) is 7.11 Å². The van der Waals surface area contributed by atoms with Crippen LogP contribution >= 0.6 is 0 Å². The van der Waals surface area contributed by atoms with Crippen LogP contribution in [0.25, 0.3) is 0 Å². The molecule has 5 nitrogen and oxygen atoms in total. The molecule has 0 aromatic rings. The zero-order chi connectivity index (χ0) is 19.9. The van der Waals surface area contributed by atoms with E-state index in [1.807, 2.05) is 27.7 Å². The molecule has 0 bridgehead atoms. The van der Waals surface area contributed by atoms with Gasteiger partial charge in [0, 0.05) is 36.7 Å². The van der Waals surface area contributed by atoms with Gasteiger partial charge in [-0.05, 0) is 24.3 Å². The fraction of sp³-hybridized carbons (Fsp3) is 0.714. The summed E-state index contributed by atoms with van der Waals surface area (Å²) in [6.45, 7) is 7.70. The number of esters is 1. The molecule has 0 N–H and O–H groups in total. The van der Waals surface area contributed by atoms with Crippen LogP contribution in [-0.4, -0.2) is 30.4 Å². The minimum absolute atomic E-state index is 0.0128. The summed E-state index contributed by atoms with van der Waals surface area (Å²) >= 11 is 0. The first-order valence-corrected chi connectivity index (χ1v) is 9.52. The number of allylic oxidation sites excluding steroid dienone is 1. The summed E-state index contributed by atoms with van der Waals surface area (Å²) in [5.41, 5.74) is 0.0814. The third kappa shape index (κ3) is 6.85. The number of rotatable bonds is 2. The van der Waals surface area contributed by atoms with Crippen LogP contribution in [0.1, 0.15) is 66.2 Å². The van der Waals surface area contributed by atoms with E-state index in [1.54, 1.807) is 0 Å². The summed E-state index contributed by atoms with van der Waals surface area (Å²) in [7, 11) is 1.23. The molecule has 0 aromatic carbocycles. The summed E-state index contributed by atoms with van der Waals surface area (Å²) in [5, 5.41) is 0. The van der Waals surface area contributed by atoms with E-state index in [0.29, 0.717) is 6.42 Å². The van der Waals surface area contributed by atoms with Gasteiger partial charge in [-0.1, -0.05) is 40.5 Å². The van der Waals surface area contributed by atoms with Crippen LogP contribution in [0.2, 0.25) is 0 Å². The highest BCUT2D eigenvalue weighted by Gasteiger charge is 2.29.